The van der Waals surface area contributed by atoms with Crippen LogP contribution in [-0.4, -0.2) is 44.1 Å². The van der Waals surface area contributed by atoms with Crippen molar-refractivity contribution >= 4 is 6.09 Å². The molecule has 0 bridgehead atoms. The highest BCUT2D eigenvalue weighted by Gasteiger charge is 2.45. The van der Waals surface area contributed by atoms with E-state index < -0.39 is 30.0 Å². The summed E-state index contributed by atoms with van der Waals surface area (Å²) in [7, 11) is 0. The molecule has 0 aromatic carbocycles. The predicted molar refractivity (Wildman–Crippen MR) is 90.9 cm³/mol. The van der Waals surface area contributed by atoms with Gasteiger partial charge in [-0.25, -0.2) is 4.79 Å². The van der Waals surface area contributed by atoms with Gasteiger partial charge in [0.25, 0.3) is 5.92 Å². The zero-order chi connectivity index (χ0) is 19.3. The predicted octanol–water partition coefficient (Wildman–Crippen LogP) is 3.06. The third-order valence-corrected chi connectivity index (χ3v) is 5.01. The number of ether oxygens (including phenoxy) is 1. The van der Waals surface area contributed by atoms with Crippen LogP contribution in [0.1, 0.15) is 57.5 Å². The van der Waals surface area contributed by atoms with Crippen molar-refractivity contribution < 1.29 is 23.4 Å². The molecule has 0 aliphatic carbocycles. The number of fused-ring (bicyclic) bond motifs is 3. The summed E-state index contributed by atoms with van der Waals surface area (Å²) in [6, 6.07) is -0.171. The Morgan fingerprint density at radius 1 is 1.42 bits per heavy atom. The molecule has 2 aliphatic heterocycles. The quantitative estimate of drug-likeness (QED) is 0.824. The van der Waals surface area contributed by atoms with Gasteiger partial charge in [0.2, 0.25) is 0 Å². The van der Waals surface area contributed by atoms with Crippen molar-refractivity contribution in [3.05, 3.63) is 17.0 Å². The number of hydrogen-bond acceptors (Lipinski definition) is 4. The Morgan fingerprint density at radius 3 is 2.73 bits per heavy atom. The molecule has 2 atom stereocenters. The maximum Gasteiger partial charge on any atom is 0.410 e. The number of nitrogens with zero attached hydrogens (tertiary/aromatic N) is 3. The molecular weight excluding hydrogens is 344 g/mol. The summed E-state index contributed by atoms with van der Waals surface area (Å²) in [4.78, 5) is 14.0. The maximum atomic E-state index is 14.9. The maximum absolute atomic E-state index is 14.9. The van der Waals surface area contributed by atoms with Gasteiger partial charge >= 0.3 is 6.09 Å². The Hall–Kier alpha value is -1.70. The van der Waals surface area contributed by atoms with Gasteiger partial charge in [0.15, 0.2) is 0 Å². The molecule has 6 nitrogen and oxygen atoms in total. The Labute approximate surface area is 152 Å². The Balaban J connectivity index is 1.93. The van der Waals surface area contributed by atoms with Crippen LogP contribution in [0.5, 0.6) is 0 Å². The lowest BCUT2D eigenvalue weighted by molar-refractivity contribution is -0.0392. The highest BCUT2D eigenvalue weighted by Crippen LogP contribution is 2.42. The van der Waals surface area contributed by atoms with Crippen molar-refractivity contribution in [2.45, 2.75) is 77.6 Å². The second-order valence-electron chi connectivity index (χ2n) is 8.40. The molecule has 8 heteroatoms. The van der Waals surface area contributed by atoms with Crippen molar-refractivity contribution in [1.29, 1.82) is 0 Å². The van der Waals surface area contributed by atoms with E-state index in [1.54, 1.807) is 20.8 Å². The second kappa shape index (κ2) is 6.48. The molecule has 1 amide bonds. The van der Waals surface area contributed by atoms with Crippen molar-refractivity contribution in [1.82, 2.24) is 14.7 Å². The normalized spacial score (nSPS) is 25.3. The number of aliphatic hydroxyl groups excluding tert-OH is 1. The third-order valence-electron chi connectivity index (χ3n) is 5.01. The number of carbonyl (C=O) groups excluding carboxylic acids is 1. The number of amides is 1. The number of alkyl halides is 2. The summed E-state index contributed by atoms with van der Waals surface area (Å²) < 4.78 is 36.6. The van der Waals surface area contributed by atoms with Crippen molar-refractivity contribution in [3.8, 4) is 0 Å². The summed E-state index contributed by atoms with van der Waals surface area (Å²) in [6.07, 6.45) is -0.0105. The molecule has 3 heterocycles. The van der Waals surface area contributed by atoms with E-state index in [0.29, 0.717) is 30.6 Å². The summed E-state index contributed by atoms with van der Waals surface area (Å²) in [6.45, 7) is 7.37. The average molecular weight is 371 g/mol. The monoisotopic (exact) mass is 371 g/mol. The highest BCUT2D eigenvalue weighted by atomic mass is 19.3. The first-order valence-electron chi connectivity index (χ1n) is 9.09. The summed E-state index contributed by atoms with van der Waals surface area (Å²) in [5.74, 6) is -3.53. The molecule has 1 aromatic rings. The third kappa shape index (κ3) is 3.56. The van der Waals surface area contributed by atoms with E-state index in [-0.39, 0.29) is 24.9 Å². The van der Waals surface area contributed by atoms with E-state index in [1.807, 2.05) is 6.92 Å². The zero-order valence-corrected chi connectivity index (χ0v) is 15.8. The minimum absolute atomic E-state index is 0.0696. The van der Waals surface area contributed by atoms with Gasteiger partial charge in [0, 0.05) is 37.6 Å². The molecule has 2 aliphatic rings. The van der Waals surface area contributed by atoms with Crippen LogP contribution >= 0.6 is 0 Å². The summed E-state index contributed by atoms with van der Waals surface area (Å²) in [5, 5.41) is 13.7. The van der Waals surface area contributed by atoms with Gasteiger partial charge in [-0.1, -0.05) is 0 Å². The molecule has 0 spiro atoms. The van der Waals surface area contributed by atoms with E-state index >= 15 is 0 Å². The van der Waals surface area contributed by atoms with Crippen LogP contribution < -0.4 is 0 Å². The number of aliphatic hydroxyl groups is 1. The fourth-order valence-corrected chi connectivity index (χ4v) is 3.75. The second-order valence-corrected chi connectivity index (χ2v) is 8.40. The van der Waals surface area contributed by atoms with Gasteiger partial charge in [0.1, 0.15) is 11.3 Å². The van der Waals surface area contributed by atoms with Crippen LogP contribution in [0.4, 0.5) is 13.6 Å². The Morgan fingerprint density at radius 2 is 2.12 bits per heavy atom. The van der Waals surface area contributed by atoms with Gasteiger partial charge in [-0.3, -0.25) is 4.68 Å². The minimum atomic E-state index is -3.08. The van der Waals surface area contributed by atoms with Crippen LogP contribution in [0.25, 0.3) is 0 Å². The van der Waals surface area contributed by atoms with E-state index in [1.165, 1.54) is 9.58 Å². The average Bonchev–Trinajstić information content (AvgIpc) is 2.80. The lowest BCUT2D eigenvalue weighted by Gasteiger charge is -2.35. The first kappa shape index (κ1) is 19.1. The Kier molecular flexibility index (Phi) is 4.75. The van der Waals surface area contributed by atoms with Crippen LogP contribution in [0, 0.1) is 5.92 Å². The van der Waals surface area contributed by atoms with Gasteiger partial charge in [-0.05, 0) is 40.0 Å². The molecule has 0 radical (unpaired) electrons. The van der Waals surface area contributed by atoms with Gasteiger partial charge < -0.3 is 14.7 Å². The molecule has 1 N–H and O–H groups in total. The molecule has 146 valence electrons. The number of hydrogen-bond donors (Lipinski definition) is 1. The molecule has 0 saturated heterocycles. The lowest BCUT2D eigenvalue weighted by Crippen LogP contribution is -2.45. The van der Waals surface area contributed by atoms with Gasteiger partial charge in [-0.2, -0.15) is 13.9 Å². The topological polar surface area (TPSA) is 67.6 Å². The summed E-state index contributed by atoms with van der Waals surface area (Å²) >= 11 is 0. The van der Waals surface area contributed by atoms with Crippen LogP contribution in [0.3, 0.4) is 0 Å². The van der Waals surface area contributed by atoms with E-state index in [2.05, 4.69) is 5.10 Å². The molecule has 1 aromatic heterocycles. The summed E-state index contributed by atoms with van der Waals surface area (Å²) in [5.41, 5.74) is 0.307. The van der Waals surface area contributed by atoms with Crippen LogP contribution in [0.2, 0.25) is 0 Å². The molecular formula is C18H27F2N3O3. The first-order valence-corrected chi connectivity index (χ1v) is 9.09. The smallest absolute Gasteiger partial charge is 0.410 e. The number of aryl methyl sites for hydroxylation is 1. The van der Waals surface area contributed by atoms with Gasteiger partial charge in [-0.15, -0.1) is 0 Å². The zero-order valence-electron chi connectivity index (χ0n) is 15.8. The number of aromatic nitrogens is 2. The lowest BCUT2D eigenvalue weighted by atomic mass is 9.93. The molecule has 0 fully saturated rings. The fraction of sp³-hybridized carbons (Fsp3) is 0.778. The molecule has 0 unspecified atom stereocenters. The molecule has 0 saturated carbocycles. The van der Waals surface area contributed by atoms with E-state index in [0.717, 1.165) is 0 Å². The fourth-order valence-electron chi connectivity index (χ4n) is 3.75. The minimum Gasteiger partial charge on any atom is -0.444 e. The Bertz CT molecular complexity index is 697. The van der Waals surface area contributed by atoms with Crippen molar-refractivity contribution in [2.75, 3.05) is 6.61 Å². The van der Waals surface area contributed by atoms with Crippen molar-refractivity contribution in [3.63, 3.8) is 0 Å². The van der Waals surface area contributed by atoms with E-state index in [4.69, 9.17) is 4.74 Å². The number of carbonyl (C=O) groups is 1. The van der Waals surface area contributed by atoms with E-state index in [9.17, 15) is 18.7 Å². The number of halogens is 2. The highest BCUT2D eigenvalue weighted by molar-refractivity contribution is 5.69. The standard InChI is InChI=1S/C18H27F2N3O3/c1-11-7-14-13(9-22(11)16(25)26-17(2,3)4)15-18(19,20)8-12(10-24)5-6-23(15)21-14/h11-12,24H,5-10H2,1-4H3/t11-,12-/m1/s1. The van der Waals surface area contributed by atoms with Crippen molar-refractivity contribution in [2.24, 2.45) is 5.92 Å². The SMILES string of the molecule is C[C@@H]1Cc2nn3c(c2CN1C(=O)OC(C)(C)C)C(F)(F)C[C@H](CO)CC3. The number of rotatable bonds is 1. The van der Waals surface area contributed by atoms with Gasteiger partial charge in [0.05, 0.1) is 12.2 Å². The molecule has 26 heavy (non-hydrogen) atoms. The van der Waals surface area contributed by atoms with Crippen LogP contribution in [0.15, 0.2) is 0 Å². The first-order chi connectivity index (χ1) is 12.0. The largest absolute Gasteiger partial charge is 0.444 e. The van der Waals surface area contributed by atoms with Crippen LogP contribution in [-0.2, 0) is 30.2 Å². The molecule has 3 rings (SSSR count).